The summed E-state index contributed by atoms with van der Waals surface area (Å²) in [7, 11) is 3.14. The third kappa shape index (κ3) is 3.30. The number of hydrogen-bond acceptors (Lipinski definition) is 5. The predicted octanol–water partition coefficient (Wildman–Crippen LogP) is 2.61. The number of nitrogens with zero attached hydrogens (tertiary/aromatic N) is 1. The number of nitrogens with two attached hydrogens (primary N) is 1. The molecule has 1 aliphatic rings. The summed E-state index contributed by atoms with van der Waals surface area (Å²) in [6.45, 7) is 0.949. The van der Waals surface area contributed by atoms with Crippen molar-refractivity contribution < 1.29 is 23.8 Å². The van der Waals surface area contributed by atoms with E-state index in [4.69, 9.17) is 15.2 Å². The molecule has 0 spiro atoms. The standard InChI is InChI=1S/C19H21FN2O4/c1-25-16-8-11-5-6-22(10-13(11)9-17(16)26-2)18(19(23)24)12-3-4-15(21)14(20)7-12/h3-4,7-9,18H,5-6,10,21H2,1-2H3,(H,23,24)/t18-/m0/s1. The molecule has 138 valence electrons. The van der Waals surface area contributed by atoms with Gasteiger partial charge in [0.1, 0.15) is 11.9 Å². The maximum absolute atomic E-state index is 13.8. The molecule has 0 aliphatic carbocycles. The first-order valence-corrected chi connectivity index (χ1v) is 8.20. The fourth-order valence-corrected chi connectivity index (χ4v) is 3.35. The summed E-state index contributed by atoms with van der Waals surface area (Å²) in [5.74, 6) is -0.399. The fraction of sp³-hybridized carbons (Fsp3) is 0.316. The van der Waals surface area contributed by atoms with Crippen molar-refractivity contribution in [3.63, 3.8) is 0 Å². The lowest BCUT2D eigenvalue weighted by atomic mass is 9.95. The van der Waals surface area contributed by atoms with Gasteiger partial charge in [0.05, 0.1) is 19.9 Å². The molecule has 0 fully saturated rings. The second-order valence-corrected chi connectivity index (χ2v) is 6.22. The lowest BCUT2D eigenvalue weighted by Crippen LogP contribution is -2.38. The van der Waals surface area contributed by atoms with Crippen molar-refractivity contribution in [3.05, 3.63) is 52.8 Å². The van der Waals surface area contributed by atoms with Gasteiger partial charge in [-0.1, -0.05) is 6.07 Å². The Hall–Kier alpha value is -2.80. The molecular formula is C19H21FN2O4. The lowest BCUT2D eigenvalue weighted by Gasteiger charge is -2.34. The molecule has 0 aromatic heterocycles. The van der Waals surface area contributed by atoms with Crippen LogP contribution in [0.15, 0.2) is 30.3 Å². The van der Waals surface area contributed by atoms with Crippen LogP contribution < -0.4 is 15.2 Å². The van der Waals surface area contributed by atoms with Gasteiger partial charge in [-0.05, 0) is 47.4 Å². The van der Waals surface area contributed by atoms with Gasteiger partial charge in [-0.2, -0.15) is 0 Å². The maximum Gasteiger partial charge on any atom is 0.325 e. The number of carboxylic acid groups (broad SMARTS) is 1. The van der Waals surface area contributed by atoms with Crippen molar-refractivity contribution in [3.8, 4) is 11.5 Å². The number of rotatable bonds is 5. The number of carboxylic acids is 1. The van der Waals surface area contributed by atoms with Crippen LogP contribution in [0.4, 0.5) is 10.1 Å². The van der Waals surface area contributed by atoms with Crippen LogP contribution in [0.2, 0.25) is 0 Å². The monoisotopic (exact) mass is 360 g/mol. The van der Waals surface area contributed by atoms with Gasteiger partial charge in [0.2, 0.25) is 0 Å². The van der Waals surface area contributed by atoms with Gasteiger partial charge in [-0.25, -0.2) is 4.39 Å². The summed E-state index contributed by atoms with van der Waals surface area (Å²) < 4.78 is 24.5. The van der Waals surface area contributed by atoms with Crippen molar-refractivity contribution in [2.24, 2.45) is 0 Å². The van der Waals surface area contributed by atoms with E-state index < -0.39 is 17.8 Å². The van der Waals surface area contributed by atoms with Gasteiger partial charge in [0, 0.05) is 13.1 Å². The molecule has 0 saturated heterocycles. The Morgan fingerprint density at radius 2 is 1.85 bits per heavy atom. The molecule has 1 heterocycles. The smallest absolute Gasteiger partial charge is 0.325 e. The van der Waals surface area contributed by atoms with Crippen molar-refractivity contribution in [1.29, 1.82) is 0 Å². The molecule has 3 N–H and O–H groups in total. The second-order valence-electron chi connectivity index (χ2n) is 6.22. The topological polar surface area (TPSA) is 85.0 Å². The number of ether oxygens (including phenoxy) is 2. The van der Waals surface area contributed by atoms with Gasteiger partial charge in [-0.15, -0.1) is 0 Å². The Morgan fingerprint density at radius 3 is 2.42 bits per heavy atom. The third-order valence-corrected chi connectivity index (χ3v) is 4.69. The summed E-state index contributed by atoms with van der Waals surface area (Å²) in [4.78, 5) is 13.7. The molecule has 7 heteroatoms. The molecule has 0 amide bonds. The fourth-order valence-electron chi connectivity index (χ4n) is 3.35. The average molecular weight is 360 g/mol. The summed E-state index contributed by atoms with van der Waals surface area (Å²) in [5, 5.41) is 9.73. The van der Waals surface area contributed by atoms with Gasteiger partial charge in [0.15, 0.2) is 11.5 Å². The van der Waals surface area contributed by atoms with E-state index in [2.05, 4.69) is 0 Å². The first-order valence-electron chi connectivity index (χ1n) is 8.20. The summed E-state index contributed by atoms with van der Waals surface area (Å²) >= 11 is 0. The zero-order valence-electron chi connectivity index (χ0n) is 14.7. The summed E-state index contributed by atoms with van der Waals surface area (Å²) in [6.07, 6.45) is 0.664. The second kappa shape index (κ2) is 7.21. The lowest BCUT2D eigenvalue weighted by molar-refractivity contribution is -0.144. The molecule has 2 aromatic carbocycles. The first kappa shape index (κ1) is 18.0. The van der Waals surface area contributed by atoms with Crippen LogP contribution in [0.3, 0.4) is 0 Å². The average Bonchev–Trinajstić information content (AvgIpc) is 2.63. The van der Waals surface area contributed by atoms with Crippen LogP contribution in [0, 0.1) is 5.82 Å². The van der Waals surface area contributed by atoms with E-state index in [1.807, 2.05) is 17.0 Å². The van der Waals surface area contributed by atoms with E-state index in [9.17, 15) is 14.3 Å². The largest absolute Gasteiger partial charge is 0.493 e. The Bertz CT molecular complexity index is 841. The highest BCUT2D eigenvalue weighted by Crippen LogP contribution is 2.35. The highest BCUT2D eigenvalue weighted by Gasteiger charge is 2.31. The van der Waals surface area contributed by atoms with E-state index in [-0.39, 0.29) is 5.69 Å². The number of aliphatic carboxylic acids is 1. The third-order valence-electron chi connectivity index (χ3n) is 4.69. The number of nitrogen functional groups attached to an aromatic ring is 1. The van der Waals surface area contributed by atoms with E-state index in [1.165, 1.54) is 12.1 Å². The minimum Gasteiger partial charge on any atom is -0.493 e. The van der Waals surface area contributed by atoms with Crippen molar-refractivity contribution >= 4 is 11.7 Å². The van der Waals surface area contributed by atoms with Crippen molar-refractivity contribution in [1.82, 2.24) is 4.90 Å². The van der Waals surface area contributed by atoms with Gasteiger partial charge in [0.25, 0.3) is 0 Å². The Balaban J connectivity index is 1.94. The van der Waals surface area contributed by atoms with Crippen LogP contribution in [0.1, 0.15) is 22.7 Å². The number of hydrogen-bond donors (Lipinski definition) is 2. The van der Waals surface area contributed by atoms with Crippen molar-refractivity contribution in [2.75, 3.05) is 26.5 Å². The SMILES string of the molecule is COc1cc2c(cc1OC)CN([C@H](C(=O)O)c1ccc(N)c(F)c1)CC2. The maximum atomic E-state index is 13.8. The zero-order valence-corrected chi connectivity index (χ0v) is 14.7. The molecule has 26 heavy (non-hydrogen) atoms. The van der Waals surface area contributed by atoms with E-state index in [0.717, 1.165) is 11.1 Å². The number of carbonyl (C=O) groups is 1. The Labute approximate surface area is 150 Å². The Kier molecular flexibility index (Phi) is 4.99. The van der Waals surface area contributed by atoms with Gasteiger partial charge >= 0.3 is 5.97 Å². The molecule has 0 radical (unpaired) electrons. The van der Waals surface area contributed by atoms with Gasteiger partial charge < -0.3 is 20.3 Å². The number of anilines is 1. The van der Waals surface area contributed by atoms with Crippen LogP contribution in [-0.2, 0) is 17.8 Å². The molecule has 2 aromatic rings. The molecule has 1 atom stereocenters. The number of halogens is 1. The number of methoxy groups -OCH3 is 2. The molecular weight excluding hydrogens is 339 g/mol. The molecule has 6 nitrogen and oxygen atoms in total. The number of benzene rings is 2. The molecule has 3 rings (SSSR count). The van der Waals surface area contributed by atoms with Crippen LogP contribution in [0.25, 0.3) is 0 Å². The molecule has 1 aliphatic heterocycles. The Morgan fingerprint density at radius 1 is 1.19 bits per heavy atom. The van der Waals surface area contributed by atoms with E-state index in [1.54, 1.807) is 20.3 Å². The van der Waals surface area contributed by atoms with Crippen LogP contribution >= 0.6 is 0 Å². The van der Waals surface area contributed by atoms with E-state index >= 15 is 0 Å². The van der Waals surface area contributed by atoms with Gasteiger partial charge in [-0.3, -0.25) is 9.69 Å². The normalized spacial score (nSPS) is 15.2. The predicted molar refractivity (Wildman–Crippen MR) is 94.8 cm³/mol. The molecule has 0 bridgehead atoms. The number of fused-ring (bicyclic) bond motifs is 1. The highest BCUT2D eigenvalue weighted by atomic mass is 19.1. The van der Waals surface area contributed by atoms with Crippen molar-refractivity contribution in [2.45, 2.75) is 19.0 Å². The minimum atomic E-state index is -1.03. The summed E-state index contributed by atoms with van der Waals surface area (Å²) in [6, 6.07) is 6.98. The zero-order chi connectivity index (χ0) is 18.8. The minimum absolute atomic E-state index is 0.00119. The quantitative estimate of drug-likeness (QED) is 0.798. The van der Waals surface area contributed by atoms with Crippen LogP contribution in [-0.4, -0.2) is 36.7 Å². The first-order chi connectivity index (χ1) is 12.4. The van der Waals surface area contributed by atoms with Crippen LogP contribution in [0.5, 0.6) is 11.5 Å². The summed E-state index contributed by atoms with van der Waals surface area (Å²) in [5.41, 5.74) is 7.93. The van der Waals surface area contributed by atoms with E-state index in [0.29, 0.717) is 36.6 Å². The molecule has 0 unspecified atom stereocenters. The molecule has 0 saturated carbocycles. The highest BCUT2D eigenvalue weighted by molar-refractivity contribution is 5.76.